The second kappa shape index (κ2) is 4.03. The number of alkyl halides is 3. The standard InChI is InChI=1S/C10H5ClF4N2/c11-5-2-1-3-6(12)8(5)9-16-4-7(17-9)10(13,14)15/h1-4H,(H,16,17). The third kappa shape index (κ3) is 2.26. The van der Waals surface area contributed by atoms with Crippen molar-refractivity contribution in [3.8, 4) is 11.4 Å². The van der Waals surface area contributed by atoms with E-state index in [1.54, 1.807) is 0 Å². The minimum Gasteiger partial charge on any atom is -0.334 e. The lowest BCUT2D eigenvalue weighted by molar-refractivity contribution is -0.140. The van der Waals surface area contributed by atoms with Crippen LogP contribution in [0.5, 0.6) is 0 Å². The van der Waals surface area contributed by atoms with Gasteiger partial charge in [-0.3, -0.25) is 0 Å². The summed E-state index contributed by atoms with van der Waals surface area (Å²) in [6.45, 7) is 0. The van der Waals surface area contributed by atoms with Gasteiger partial charge in [-0.1, -0.05) is 17.7 Å². The summed E-state index contributed by atoms with van der Waals surface area (Å²) >= 11 is 5.71. The molecule has 0 aliphatic heterocycles. The lowest BCUT2D eigenvalue weighted by atomic mass is 10.2. The molecule has 7 heteroatoms. The summed E-state index contributed by atoms with van der Waals surface area (Å²) in [5.41, 5.74) is -1.23. The number of hydrogen-bond acceptors (Lipinski definition) is 1. The SMILES string of the molecule is Fc1cccc(Cl)c1-c1ncc(C(F)(F)F)[nH]1. The molecule has 1 heterocycles. The number of aromatic nitrogens is 2. The Hall–Kier alpha value is -1.56. The average molecular weight is 265 g/mol. The Balaban J connectivity index is 2.51. The summed E-state index contributed by atoms with van der Waals surface area (Å²) < 4.78 is 50.4. The van der Waals surface area contributed by atoms with E-state index in [4.69, 9.17) is 11.6 Å². The second-order valence-electron chi connectivity index (χ2n) is 3.24. The number of nitrogens with zero attached hydrogens (tertiary/aromatic N) is 1. The molecule has 2 rings (SSSR count). The highest BCUT2D eigenvalue weighted by molar-refractivity contribution is 6.33. The molecule has 0 radical (unpaired) electrons. The molecule has 90 valence electrons. The van der Waals surface area contributed by atoms with E-state index in [0.717, 1.165) is 6.07 Å². The molecule has 0 saturated heterocycles. The van der Waals surface area contributed by atoms with Crippen LogP contribution in [0.15, 0.2) is 24.4 Å². The zero-order valence-corrected chi connectivity index (χ0v) is 8.90. The predicted molar refractivity (Wildman–Crippen MR) is 54.0 cm³/mol. The van der Waals surface area contributed by atoms with Gasteiger partial charge in [-0.15, -0.1) is 0 Å². The van der Waals surface area contributed by atoms with E-state index in [9.17, 15) is 17.6 Å². The van der Waals surface area contributed by atoms with Crippen LogP contribution >= 0.6 is 11.6 Å². The number of benzene rings is 1. The van der Waals surface area contributed by atoms with Crippen LogP contribution in [-0.2, 0) is 6.18 Å². The van der Waals surface area contributed by atoms with Crippen LogP contribution in [0.3, 0.4) is 0 Å². The number of nitrogens with one attached hydrogen (secondary N) is 1. The zero-order chi connectivity index (χ0) is 12.6. The van der Waals surface area contributed by atoms with Crippen molar-refractivity contribution in [1.82, 2.24) is 9.97 Å². The van der Waals surface area contributed by atoms with Gasteiger partial charge < -0.3 is 4.98 Å². The van der Waals surface area contributed by atoms with Crippen LogP contribution in [0.4, 0.5) is 17.6 Å². The van der Waals surface area contributed by atoms with Gasteiger partial charge in [-0.2, -0.15) is 13.2 Å². The van der Waals surface area contributed by atoms with Crippen LogP contribution in [0, 0.1) is 5.82 Å². The highest BCUT2D eigenvalue weighted by atomic mass is 35.5. The number of imidazole rings is 1. The first-order valence-electron chi connectivity index (χ1n) is 4.46. The number of H-pyrrole nitrogens is 1. The van der Waals surface area contributed by atoms with Crippen molar-refractivity contribution in [2.24, 2.45) is 0 Å². The fourth-order valence-corrected chi connectivity index (χ4v) is 1.57. The minimum atomic E-state index is -4.55. The fraction of sp³-hybridized carbons (Fsp3) is 0.100. The van der Waals surface area contributed by atoms with Crippen molar-refractivity contribution in [2.75, 3.05) is 0 Å². The van der Waals surface area contributed by atoms with E-state index in [2.05, 4.69) is 4.98 Å². The number of rotatable bonds is 1. The number of halogens is 5. The Morgan fingerprint density at radius 3 is 2.47 bits per heavy atom. The second-order valence-corrected chi connectivity index (χ2v) is 3.65. The Bertz CT molecular complexity index is 527. The number of aromatic amines is 1. The smallest absolute Gasteiger partial charge is 0.334 e. The monoisotopic (exact) mass is 264 g/mol. The normalized spacial score (nSPS) is 11.8. The quantitative estimate of drug-likeness (QED) is 0.778. The highest BCUT2D eigenvalue weighted by Crippen LogP contribution is 2.32. The number of hydrogen-bond donors (Lipinski definition) is 1. The topological polar surface area (TPSA) is 28.7 Å². The molecule has 0 saturated carbocycles. The van der Waals surface area contributed by atoms with E-state index in [1.165, 1.54) is 12.1 Å². The average Bonchev–Trinajstić information content (AvgIpc) is 2.65. The van der Waals surface area contributed by atoms with Crippen LogP contribution in [-0.4, -0.2) is 9.97 Å². The van der Waals surface area contributed by atoms with E-state index in [0.29, 0.717) is 6.20 Å². The zero-order valence-electron chi connectivity index (χ0n) is 8.15. The van der Waals surface area contributed by atoms with Crippen LogP contribution in [0.2, 0.25) is 5.02 Å². The van der Waals surface area contributed by atoms with Gasteiger partial charge in [-0.05, 0) is 12.1 Å². The lowest BCUT2D eigenvalue weighted by Crippen LogP contribution is -2.04. The van der Waals surface area contributed by atoms with Crippen LogP contribution in [0.1, 0.15) is 5.69 Å². The van der Waals surface area contributed by atoms with Crippen LogP contribution < -0.4 is 0 Å². The Kier molecular flexibility index (Phi) is 2.82. The summed E-state index contributed by atoms with van der Waals surface area (Å²) in [6, 6.07) is 3.82. The van der Waals surface area contributed by atoms with Crippen molar-refractivity contribution < 1.29 is 17.6 Å². The van der Waals surface area contributed by atoms with Gasteiger partial charge in [0.25, 0.3) is 0 Å². The molecule has 2 aromatic rings. The molecule has 17 heavy (non-hydrogen) atoms. The molecule has 0 aliphatic rings. The predicted octanol–water partition coefficient (Wildman–Crippen LogP) is 3.89. The molecule has 0 fully saturated rings. The van der Waals surface area contributed by atoms with Crippen molar-refractivity contribution in [3.05, 3.63) is 40.9 Å². The summed E-state index contributed by atoms with van der Waals surface area (Å²) in [6.07, 6.45) is -3.96. The van der Waals surface area contributed by atoms with Gasteiger partial charge in [-0.25, -0.2) is 9.37 Å². The molecule has 1 aromatic carbocycles. The molecular weight excluding hydrogens is 260 g/mol. The molecule has 0 bridgehead atoms. The summed E-state index contributed by atoms with van der Waals surface area (Å²) in [7, 11) is 0. The summed E-state index contributed by atoms with van der Waals surface area (Å²) in [5, 5.41) is -0.00641. The molecular formula is C10H5ClF4N2. The van der Waals surface area contributed by atoms with Crippen molar-refractivity contribution in [3.63, 3.8) is 0 Å². The lowest BCUT2D eigenvalue weighted by Gasteiger charge is -2.03. The van der Waals surface area contributed by atoms with E-state index in [-0.39, 0.29) is 16.4 Å². The van der Waals surface area contributed by atoms with Gasteiger partial charge in [0, 0.05) is 0 Å². The molecule has 0 spiro atoms. The van der Waals surface area contributed by atoms with Gasteiger partial charge in [0.05, 0.1) is 16.8 Å². The van der Waals surface area contributed by atoms with Gasteiger partial charge in [0.1, 0.15) is 17.3 Å². The van der Waals surface area contributed by atoms with E-state index >= 15 is 0 Å². The Morgan fingerprint density at radius 2 is 1.94 bits per heavy atom. The summed E-state index contributed by atoms with van der Waals surface area (Å²) in [5.74, 6) is -0.985. The largest absolute Gasteiger partial charge is 0.432 e. The Labute approximate surface area is 98.2 Å². The molecule has 0 aliphatic carbocycles. The molecule has 0 atom stereocenters. The van der Waals surface area contributed by atoms with Gasteiger partial charge in [0.2, 0.25) is 0 Å². The molecule has 0 amide bonds. The minimum absolute atomic E-state index is 0.00641. The fourth-order valence-electron chi connectivity index (χ4n) is 1.32. The first-order chi connectivity index (χ1) is 7.89. The van der Waals surface area contributed by atoms with Gasteiger partial charge in [0.15, 0.2) is 0 Å². The third-order valence-corrected chi connectivity index (χ3v) is 2.40. The maximum Gasteiger partial charge on any atom is 0.432 e. The maximum atomic E-state index is 13.4. The molecule has 0 unspecified atom stereocenters. The third-order valence-electron chi connectivity index (χ3n) is 2.08. The highest BCUT2D eigenvalue weighted by Gasteiger charge is 2.33. The van der Waals surface area contributed by atoms with Crippen molar-refractivity contribution in [2.45, 2.75) is 6.18 Å². The van der Waals surface area contributed by atoms with E-state index < -0.39 is 17.7 Å². The Morgan fingerprint density at radius 1 is 1.24 bits per heavy atom. The van der Waals surface area contributed by atoms with Crippen LogP contribution in [0.25, 0.3) is 11.4 Å². The first kappa shape index (κ1) is 11.9. The molecule has 2 nitrogen and oxygen atoms in total. The first-order valence-corrected chi connectivity index (χ1v) is 4.84. The maximum absolute atomic E-state index is 13.4. The van der Waals surface area contributed by atoms with Crippen molar-refractivity contribution >= 4 is 11.6 Å². The molecule has 1 N–H and O–H groups in total. The van der Waals surface area contributed by atoms with Gasteiger partial charge >= 0.3 is 6.18 Å². The molecule has 1 aromatic heterocycles. The summed E-state index contributed by atoms with van der Waals surface area (Å²) in [4.78, 5) is 5.47. The van der Waals surface area contributed by atoms with E-state index in [1.807, 2.05) is 4.98 Å². The van der Waals surface area contributed by atoms with Crippen molar-refractivity contribution in [1.29, 1.82) is 0 Å².